The van der Waals surface area contributed by atoms with Crippen LogP contribution in [-0.2, 0) is 11.2 Å². The van der Waals surface area contributed by atoms with Gasteiger partial charge in [0.05, 0.1) is 13.2 Å². The van der Waals surface area contributed by atoms with Crippen molar-refractivity contribution in [2.75, 3.05) is 20.2 Å². The van der Waals surface area contributed by atoms with E-state index in [4.69, 9.17) is 4.74 Å². The fourth-order valence-corrected chi connectivity index (χ4v) is 5.26. The maximum absolute atomic E-state index is 11.9. The Morgan fingerprint density at radius 1 is 1.25 bits per heavy atom. The number of H-pyrrole nitrogens is 1. The van der Waals surface area contributed by atoms with Crippen molar-refractivity contribution in [1.29, 1.82) is 0 Å². The first-order chi connectivity index (χ1) is 11.7. The van der Waals surface area contributed by atoms with Gasteiger partial charge >= 0.3 is 0 Å². The van der Waals surface area contributed by atoms with Gasteiger partial charge < -0.3 is 9.72 Å². The van der Waals surface area contributed by atoms with Gasteiger partial charge in [-0.3, -0.25) is 9.69 Å². The number of hydrogen-bond acceptors (Lipinski definition) is 3. The summed E-state index contributed by atoms with van der Waals surface area (Å²) in [5.74, 6) is 2.69. The van der Waals surface area contributed by atoms with Gasteiger partial charge in [0.1, 0.15) is 11.5 Å². The number of Topliss-reactive ketones (excluding diaryl/α,β-unsaturated/α-hetero) is 1. The van der Waals surface area contributed by atoms with Crippen molar-refractivity contribution in [1.82, 2.24) is 9.88 Å². The zero-order valence-corrected chi connectivity index (χ0v) is 14.2. The molecule has 3 heterocycles. The summed E-state index contributed by atoms with van der Waals surface area (Å²) in [5.41, 5.74) is 4.05. The fraction of sp³-hybridized carbons (Fsp3) is 0.550. The van der Waals surface area contributed by atoms with Crippen LogP contribution in [-0.4, -0.2) is 35.9 Å². The van der Waals surface area contributed by atoms with Gasteiger partial charge in [-0.15, -0.1) is 0 Å². The zero-order valence-electron chi connectivity index (χ0n) is 14.2. The molecule has 0 spiro atoms. The molecule has 4 heteroatoms. The number of ketones is 1. The Morgan fingerprint density at radius 2 is 2.17 bits per heavy atom. The Morgan fingerprint density at radius 3 is 3.04 bits per heavy atom. The highest BCUT2D eigenvalue weighted by Gasteiger charge is 2.42. The summed E-state index contributed by atoms with van der Waals surface area (Å²) in [6.45, 7) is 2.31. The van der Waals surface area contributed by atoms with Crippen LogP contribution >= 0.6 is 0 Å². The minimum absolute atomic E-state index is 0.458. The first kappa shape index (κ1) is 14.5. The maximum Gasteiger partial charge on any atom is 0.133 e. The number of nitrogens with one attached hydrogen (secondary N) is 1. The molecule has 0 bridgehead atoms. The van der Waals surface area contributed by atoms with Crippen molar-refractivity contribution in [2.24, 2.45) is 11.8 Å². The molecule has 2 aromatic rings. The number of carbonyl (C=O) groups is 1. The number of methoxy groups -OCH3 is 1. The SMILES string of the molecule is COc1ccc2c3c([nH]c2c1)[C@H]1C[C@@H]2CC(=O)CC[C@@H]2CN1CC3. The minimum Gasteiger partial charge on any atom is -0.497 e. The second-order valence-corrected chi connectivity index (χ2v) is 7.73. The molecule has 0 unspecified atom stereocenters. The van der Waals surface area contributed by atoms with E-state index >= 15 is 0 Å². The van der Waals surface area contributed by atoms with Gasteiger partial charge in [-0.05, 0) is 48.8 Å². The normalized spacial score (nSPS) is 29.9. The van der Waals surface area contributed by atoms with Crippen molar-refractivity contribution in [3.8, 4) is 5.75 Å². The van der Waals surface area contributed by atoms with Crippen LogP contribution in [0.2, 0.25) is 0 Å². The average Bonchev–Trinajstić information content (AvgIpc) is 2.98. The number of hydrogen-bond donors (Lipinski definition) is 1. The fourth-order valence-electron chi connectivity index (χ4n) is 5.26. The van der Waals surface area contributed by atoms with Crippen LogP contribution in [0.1, 0.15) is 43.0 Å². The van der Waals surface area contributed by atoms with E-state index in [0.29, 0.717) is 17.7 Å². The highest BCUT2D eigenvalue weighted by Crippen LogP contribution is 2.46. The third-order valence-electron chi connectivity index (χ3n) is 6.51. The predicted molar refractivity (Wildman–Crippen MR) is 93.3 cm³/mol. The molecule has 1 aromatic carbocycles. The lowest BCUT2D eigenvalue weighted by molar-refractivity contribution is -0.124. The van der Waals surface area contributed by atoms with Crippen molar-refractivity contribution in [3.05, 3.63) is 29.5 Å². The number of nitrogens with zero attached hydrogens (tertiary/aromatic N) is 1. The van der Waals surface area contributed by atoms with E-state index in [1.807, 2.05) is 0 Å². The highest BCUT2D eigenvalue weighted by molar-refractivity contribution is 5.86. The number of piperidine rings is 1. The van der Waals surface area contributed by atoms with Crippen LogP contribution in [0.25, 0.3) is 10.9 Å². The van der Waals surface area contributed by atoms with Crippen LogP contribution in [0.4, 0.5) is 0 Å². The lowest BCUT2D eigenvalue weighted by Gasteiger charge is -2.47. The largest absolute Gasteiger partial charge is 0.497 e. The van der Waals surface area contributed by atoms with Crippen molar-refractivity contribution in [2.45, 2.75) is 38.1 Å². The van der Waals surface area contributed by atoms with Gasteiger partial charge in [-0.25, -0.2) is 0 Å². The summed E-state index contributed by atoms with van der Waals surface area (Å²) in [6.07, 6.45) is 4.96. The summed E-state index contributed by atoms with van der Waals surface area (Å²) < 4.78 is 5.38. The van der Waals surface area contributed by atoms with E-state index in [9.17, 15) is 4.79 Å². The quantitative estimate of drug-likeness (QED) is 0.874. The molecule has 1 aliphatic carbocycles. The molecule has 4 nitrogen and oxygen atoms in total. The van der Waals surface area contributed by atoms with Crippen LogP contribution < -0.4 is 4.74 Å². The molecule has 3 aliphatic rings. The lowest BCUT2D eigenvalue weighted by Crippen LogP contribution is -2.47. The highest BCUT2D eigenvalue weighted by atomic mass is 16.5. The molecule has 1 N–H and O–H groups in total. The molecule has 0 radical (unpaired) electrons. The van der Waals surface area contributed by atoms with Crippen LogP contribution in [0.3, 0.4) is 0 Å². The maximum atomic E-state index is 11.9. The van der Waals surface area contributed by atoms with Crippen LogP contribution in [0, 0.1) is 11.8 Å². The second kappa shape index (κ2) is 5.35. The van der Waals surface area contributed by atoms with E-state index in [0.717, 1.165) is 50.3 Å². The number of fused-ring (bicyclic) bond motifs is 6. The molecule has 0 amide bonds. The molecule has 1 saturated carbocycles. The zero-order chi connectivity index (χ0) is 16.3. The molecule has 3 atom stereocenters. The predicted octanol–water partition coefficient (Wildman–Crippen LogP) is 3.46. The Hall–Kier alpha value is -1.81. The first-order valence-electron chi connectivity index (χ1n) is 9.17. The Balaban J connectivity index is 1.53. The van der Waals surface area contributed by atoms with Gasteiger partial charge in [0, 0.05) is 48.6 Å². The standard InChI is InChI=1S/C20H24N2O2/c1-24-15-4-5-16-17-6-7-22-11-12-2-3-14(23)8-13(12)9-19(22)20(17)21-18(16)10-15/h4-5,10,12-13,19,21H,2-3,6-9,11H2,1H3/t12-,13+,19-/m1/s1. The monoisotopic (exact) mass is 324 g/mol. The van der Waals surface area contributed by atoms with Gasteiger partial charge in [0.15, 0.2) is 0 Å². The molecule has 5 rings (SSSR count). The lowest BCUT2D eigenvalue weighted by atomic mass is 9.71. The van der Waals surface area contributed by atoms with E-state index in [-0.39, 0.29) is 0 Å². The topological polar surface area (TPSA) is 45.3 Å². The molecule has 24 heavy (non-hydrogen) atoms. The van der Waals surface area contributed by atoms with Gasteiger partial charge in [-0.1, -0.05) is 0 Å². The molecular formula is C20H24N2O2. The Bertz CT molecular complexity index is 809. The second-order valence-electron chi connectivity index (χ2n) is 7.73. The summed E-state index contributed by atoms with van der Waals surface area (Å²) in [4.78, 5) is 18.2. The van der Waals surface area contributed by atoms with E-state index in [2.05, 4.69) is 28.1 Å². The van der Waals surface area contributed by atoms with Crippen molar-refractivity contribution < 1.29 is 9.53 Å². The number of aromatic amines is 1. The first-order valence-corrected chi connectivity index (χ1v) is 9.17. The van der Waals surface area contributed by atoms with Crippen LogP contribution in [0.15, 0.2) is 18.2 Å². The van der Waals surface area contributed by atoms with Crippen molar-refractivity contribution >= 4 is 16.7 Å². The smallest absolute Gasteiger partial charge is 0.133 e. The third-order valence-corrected chi connectivity index (χ3v) is 6.51. The summed E-state index contributed by atoms with van der Waals surface area (Å²) in [6, 6.07) is 6.81. The molecule has 1 saturated heterocycles. The number of ether oxygens (including phenoxy) is 1. The van der Waals surface area contributed by atoms with E-state index < -0.39 is 0 Å². The molecular weight excluding hydrogens is 300 g/mol. The van der Waals surface area contributed by atoms with E-state index in [1.165, 1.54) is 28.7 Å². The Kier molecular flexibility index (Phi) is 3.24. The van der Waals surface area contributed by atoms with E-state index in [1.54, 1.807) is 7.11 Å². The summed E-state index contributed by atoms with van der Waals surface area (Å²) in [5, 5.41) is 1.34. The minimum atomic E-state index is 0.458. The molecule has 2 fully saturated rings. The van der Waals surface area contributed by atoms with Gasteiger partial charge in [0.25, 0.3) is 0 Å². The number of benzene rings is 1. The van der Waals surface area contributed by atoms with Gasteiger partial charge in [-0.2, -0.15) is 0 Å². The summed E-state index contributed by atoms with van der Waals surface area (Å²) >= 11 is 0. The number of rotatable bonds is 1. The molecule has 126 valence electrons. The van der Waals surface area contributed by atoms with Crippen molar-refractivity contribution in [3.63, 3.8) is 0 Å². The molecule has 2 aliphatic heterocycles. The number of aromatic nitrogens is 1. The van der Waals surface area contributed by atoms with Gasteiger partial charge in [0.2, 0.25) is 0 Å². The summed E-state index contributed by atoms with van der Waals surface area (Å²) in [7, 11) is 1.72. The number of carbonyl (C=O) groups excluding carboxylic acids is 1. The molecule has 1 aromatic heterocycles. The average molecular weight is 324 g/mol. The Labute approximate surface area is 142 Å². The third kappa shape index (κ3) is 2.12. The van der Waals surface area contributed by atoms with Crippen LogP contribution in [0.5, 0.6) is 5.75 Å².